The van der Waals surface area contributed by atoms with Crippen LogP contribution in [-0.4, -0.2) is 55.7 Å². The van der Waals surface area contributed by atoms with Crippen LogP contribution in [0.2, 0.25) is 0 Å². The van der Waals surface area contributed by atoms with Gasteiger partial charge in [0.05, 0.1) is 19.8 Å². The van der Waals surface area contributed by atoms with Crippen molar-refractivity contribution in [2.24, 2.45) is 0 Å². The van der Waals surface area contributed by atoms with Crippen molar-refractivity contribution in [1.82, 2.24) is 10.2 Å². The number of ether oxygens (including phenoxy) is 3. The third-order valence-electron chi connectivity index (χ3n) is 4.82. The van der Waals surface area contributed by atoms with E-state index in [0.717, 1.165) is 19.3 Å². The zero-order valence-corrected chi connectivity index (χ0v) is 18.1. The van der Waals surface area contributed by atoms with Gasteiger partial charge in [-0.3, -0.25) is 9.59 Å². The van der Waals surface area contributed by atoms with E-state index in [9.17, 15) is 9.59 Å². The van der Waals surface area contributed by atoms with Gasteiger partial charge < -0.3 is 24.4 Å². The van der Waals surface area contributed by atoms with Crippen molar-refractivity contribution in [3.63, 3.8) is 0 Å². The summed E-state index contributed by atoms with van der Waals surface area (Å²) in [6.07, 6.45) is 2.96. The Kier molecular flexibility index (Phi) is 9.09. The summed E-state index contributed by atoms with van der Waals surface area (Å²) < 4.78 is 17.1. The summed E-state index contributed by atoms with van der Waals surface area (Å²) >= 11 is 0. The van der Waals surface area contributed by atoms with E-state index in [2.05, 4.69) is 5.32 Å². The zero-order chi connectivity index (χ0) is 21.2. The average molecular weight is 407 g/mol. The van der Waals surface area contributed by atoms with Gasteiger partial charge in [-0.1, -0.05) is 6.92 Å². The lowest BCUT2D eigenvalue weighted by atomic mass is 10.0. The Balaban J connectivity index is 2.09. The van der Waals surface area contributed by atoms with Gasteiger partial charge in [-0.2, -0.15) is 0 Å². The SMILES string of the molecule is CCCC(=O)N1CCC(NC(=O)c2cc(OCC)c(OCC)c(OCC)c2)CC1. The number of hydrogen-bond donors (Lipinski definition) is 1. The molecule has 0 spiro atoms. The van der Waals surface area contributed by atoms with Crippen molar-refractivity contribution in [3.05, 3.63) is 17.7 Å². The van der Waals surface area contributed by atoms with Gasteiger partial charge in [0, 0.05) is 31.1 Å². The van der Waals surface area contributed by atoms with Gasteiger partial charge in [-0.25, -0.2) is 0 Å². The van der Waals surface area contributed by atoms with Gasteiger partial charge in [0.1, 0.15) is 0 Å². The molecule has 29 heavy (non-hydrogen) atoms. The molecule has 0 aliphatic carbocycles. The highest BCUT2D eigenvalue weighted by Gasteiger charge is 2.25. The van der Waals surface area contributed by atoms with E-state index in [0.29, 0.717) is 62.1 Å². The molecule has 2 rings (SSSR count). The van der Waals surface area contributed by atoms with E-state index in [1.807, 2.05) is 32.6 Å². The first-order valence-electron chi connectivity index (χ1n) is 10.7. The predicted octanol–water partition coefficient (Wildman–Crippen LogP) is 3.40. The average Bonchev–Trinajstić information content (AvgIpc) is 2.71. The number of hydrogen-bond acceptors (Lipinski definition) is 5. The number of benzene rings is 1. The van der Waals surface area contributed by atoms with Crippen molar-refractivity contribution in [1.29, 1.82) is 0 Å². The molecular formula is C22H34N2O5. The fraction of sp³-hybridized carbons (Fsp3) is 0.636. The lowest BCUT2D eigenvalue weighted by molar-refractivity contribution is -0.132. The highest BCUT2D eigenvalue weighted by atomic mass is 16.5. The van der Waals surface area contributed by atoms with Crippen molar-refractivity contribution < 1.29 is 23.8 Å². The van der Waals surface area contributed by atoms with Crippen LogP contribution in [-0.2, 0) is 4.79 Å². The Morgan fingerprint density at radius 1 is 0.966 bits per heavy atom. The molecule has 1 heterocycles. The van der Waals surface area contributed by atoms with Crippen LogP contribution in [0.5, 0.6) is 17.2 Å². The molecule has 7 nitrogen and oxygen atoms in total. The fourth-order valence-electron chi connectivity index (χ4n) is 3.43. The lowest BCUT2D eigenvalue weighted by Gasteiger charge is -2.32. The van der Waals surface area contributed by atoms with Crippen LogP contribution >= 0.6 is 0 Å². The molecule has 1 fully saturated rings. The van der Waals surface area contributed by atoms with E-state index in [1.165, 1.54) is 0 Å². The maximum atomic E-state index is 12.9. The van der Waals surface area contributed by atoms with Crippen molar-refractivity contribution in [2.75, 3.05) is 32.9 Å². The minimum Gasteiger partial charge on any atom is -0.490 e. The maximum Gasteiger partial charge on any atom is 0.251 e. The Labute approximate surface area is 173 Å². The predicted molar refractivity (Wildman–Crippen MR) is 112 cm³/mol. The van der Waals surface area contributed by atoms with Gasteiger partial charge in [-0.05, 0) is 52.2 Å². The highest BCUT2D eigenvalue weighted by Crippen LogP contribution is 2.39. The number of rotatable bonds is 10. The third-order valence-corrected chi connectivity index (χ3v) is 4.82. The second kappa shape index (κ2) is 11.5. The molecule has 0 aromatic heterocycles. The minimum absolute atomic E-state index is 0.0471. The number of piperidine rings is 1. The molecule has 1 aliphatic rings. The van der Waals surface area contributed by atoms with Gasteiger partial charge in [0.25, 0.3) is 5.91 Å². The Bertz CT molecular complexity index is 657. The number of amides is 2. The molecule has 1 aliphatic heterocycles. The largest absolute Gasteiger partial charge is 0.490 e. The van der Waals surface area contributed by atoms with Crippen LogP contribution in [0.1, 0.15) is 63.7 Å². The van der Waals surface area contributed by atoms with Crippen LogP contribution in [0.25, 0.3) is 0 Å². The van der Waals surface area contributed by atoms with Gasteiger partial charge >= 0.3 is 0 Å². The summed E-state index contributed by atoms with van der Waals surface area (Å²) in [7, 11) is 0. The molecule has 7 heteroatoms. The number of nitrogens with zero attached hydrogens (tertiary/aromatic N) is 1. The van der Waals surface area contributed by atoms with Crippen LogP contribution in [0.3, 0.4) is 0 Å². The first-order chi connectivity index (χ1) is 14.0. The Hall–Kier alpha value is -2.44. The van der Waals surface area contributed by atoms with Gasteiger partial charge in [0.2, 0.25) is 11.7 Å². The standard InChI is InChI=1S/C22H34N2O5/c1-5-9-20(25)24-12-10-17(11-13-24)23-22(26)16-14-18(27-6-2)21(29-8-4)19(15-16)28-7-3/h14-15,17H,5-13H2,1-4H3,(H,23,26). The number of nitrogens with one attached hydrogen (secondary N) is 1. The molecule has 2 amide bonds. The van der Waals surface area contributed by atoms with E-state index < -0.39 is 0 Å². The molecule has 0 bridgehead atoms. The molecule has 0 radical (unpaired) electrons. The van der Waals surface area contributed by atoms with E-state index in [4.69, 9.17) is 14.2 Å². The normalized spacial score (nSPS) is 14.4. The summed E-state index contributed by atoms with van der Waals surface area (Å²) in [5.74, 6) is 1.56. The zero-order valence-electron chi connectivity index (χ0n) is 18.1. The summed E-state index contributed by atoms with van der Waals surface area (Å²) in [6.45, 7) is 10.4. The molecule has 1 N–H and O–H groups in total. The molecule has 1 aromatic carbocycles. The Morgan fingerprint density at radius 3 is 2.00 bits per heavy atom. The van der Waals surface area contributed by atoms with E-state index >= 15 is 0 Å². The minimum atomic E-state index is -0.173. The fourth-order valence-corrected chi connectivity index (χ4v) is 3.43. The quantitative estimate of drug-likeness (QED) is 0.644. The van der Waals surface area contributed by atoms with Gasteiger partial charge in [0.15, 0.2) is 11.5 Å². The van der Waals surface area contributed by atoms with E-state index in [-0.39, 0.29) is 17.9 Å². The first-order valence-corrected chi connectivity index (χ1v) is 10.7. The maximum absolute atomic E-state index is 12.9. The Morgan fingerprint density at radius 2 is 1.52 bits per heavy atom. The second-order valence-corrected chi connectivity index (χ2v) is 6.98. The number of carbonyl (C=O) groups is 2. The summed E-state index contributed by atoms with van der Waals surface area (Å²) in [5, 5.41) is 3.09. The summed E-state index contributed by atoms with van der Waals surface area (Å²) in [6, 6.07) is 3.45. The van der Waals surface area contributed by atoms with Crippen LogP contribution in [0.15, 0.2) is 12.1 Å². The smallest absolute Gasteiger partial charge is 0.251 e. The highest BCUT2D eigenvalue weighted by molar-refractivity contribution is 5.95. The monoisotopic (exact) mass is 406 g/mol. The molecule has 0 atom stereocenters. The van der Waals surface area contributed by atoms with E-state index in [1.54, 1.807) is 12.1 Å². The number of carbonyl (C=O) groups excluding carboxylic acids is 2. The van der Waals surface area contributed by atoms with Crippen molar-refractivity contribution in [2.45, 2.75) is 59.4 Å². The summed E-state index contributed by atoms with van der Waals surface area (Å²) in [4.78, 5) is 26.8. The summed E-state index contributed by atoms with van der Waals surface area (Å²) in [5.41, 5.74) is 0.477. The number of likely N-dealkylation sites (tertiary alicyclic amines) is 1. The lowest BCUT2D eigenvalue weighted by Crippen LogP contribution is -2.46. The molecule has 0 saturated carbocycles. The van der Waals surface area contributed by atoms with Crippen LogP contribution in [0, 0.1) is 0 Å². The third kappa shape index (κ3) is 6.27. The van der Waals surface area contributed by atoms with Crippen LogP contribution in [0.4, 0.5) is 0 Å². The molecule has 1 aromatic rings. The first kappa shape index (κ1) is 22.8. The molecule has 162 valence electrons. The van der Waals surface area contributed by atoms with Gasteiger partial charge in [-0.15, -0.1) is 0 Å². The van der Waals surface area contributed by atoms with Crippen molar-refractivity contribution in [3.8, 4) is 17.2 Å². The molecule has 0 unspecified atom stereocenters. The van der Waals surface area contributed by atoms with Crippen molar-refractivity contribution >= 4 is 11.8 Å². The second-order valence-electron chi connectivity index (χ2n) is 6.98. The molecular weight excluding hydrogens is 372 g/mol. The molecule has 1 saturated heterocycles. The van der Waals surface area contributed by atoms with Crippen LogP contribution < -0.4 is 19.5 Å². The topological polar surface area (TPSA) is 77.1 Å².